The van der Waals surface area contributed by atoms with E-state index in [1.54, 1.807) is 0 Å². The lowest BCUT2D eigenvalue weighted by molar-refractivity contribution is 0.112. The van der Waals surface area contributed by atoms with Crippen LogP contribution in [0.3, 0.4) is 0 Å². The first kappa shape index (κ1) is 11.4. The van der Waals surface area contributed by atoms with Gasteiger partial charge in [0.2, 0.25) is 0 Å². The highest BCUT2D eigenvalue weighted by Crippen LogP contribution is 2.53. The molecule has 2 rings (SSSR count). The van der Waals surface area contributed by atoms with E-state index in [2.05, 4.69) is 25.7 Å². The van der Waals surface area contributed by atoms with Gasteiger partial charge in [0.1, 0.15) is 0 Å². The largest absolute Gasteiger partial charge is 0.327 e. The minimum atomic E-state index is 0.431. The van der Waals surface area contributed by atoms with Gasteiger partial charge in [-0.15, -0.1) is 0 Å². The van der Waals surface area contributed by atoms with Crippen molar-refractivity contribution in [3.63, 3.8) is 0 Å². The molecule has 0 radical (unpaired) electrons. The summed E-state index contributed by atoms with van der Waals surface area (Å²) in [5.41, 5.74) is 7.02. The van der Waals surface area contributed by atoms with Crippen molar-refractivity contribution in [1.82, 2.24) is 4.90 Å². The van der Waals surface area contributed by atoms with Crippen molar-refractivity contribution in [1.29, 1.82) is 0 Å². The van der Waals surface area contributed by atoms with E-state index in [4.69, 9.17) is 5.73 Å². The Morgan fingerprint density at radius 1 is 1.47 bits per heavy atom. The van der Waals surface area contributed by atoms with E-state index < -0.39 is 0 Å². The molecule has 1 saturated heterocycles. The molecule has 2 heteroatoms. The lowest BCUT2D eigenvalue weighted by atomic mass is 9.91. The fourth-order valence-corrected chi connectivity index (χ4v) is 3.30. The van der Waals surface area contributed by atoms with Crippen molar-refractivity contribution in [2.75, 3.05) is 13.1 Å². The van der Waals surface area contributed by atoms with Gasteiger partial charge in [0.15, 0.2) is 0 Å². The van der Waals surface area contributed by atoms with E-state index in [0.29, 0.717) is 17.0 Å². The van der Waals surface area contributed by atoms with Crippen LogP contribution in [0.25, 0.3) is 0 Å². The Morgan fingerprint density at radius 3 is 2.53 bits per heavy atom. The molecule has 1 saturated carbocycles. The zero-order chi connectivity index (χ0) is 11.1. The summed E-state index contributed by atoms with van der Waals surface area (Å²) in [7, 11) is 0. The predicted molar refractivity (Wildman–Crippen MR) is 64.8 cm³/mol. The number of nitrogens with two attached hydrogens (primary N) is 1. The standard InChI is InChI=1S/C13H26N2/c1-4-6-12(3,5-2)15-8-7-13(10-15)9-11(13)14/h11H,4-10,14H2,1-3H3. The quantitative estimate of drug-likeness (QED) is 0.772. The van der Waals surface area contributed by atoms with E-state index in [9.17, 15) is 0 Å². The predicted octanol–water partition coefficient (Wildman–Crippen LogP) is 2.38. The molecule has 2 fully saturated rings. The van der Waals surface area contributed by atoms with Crippen LogP contribution in [-0.4, -0.2) is 29.6 Å². The molecule has 88 valence electrons. The molecule has 3 unspecified atom stereocenters. The zero-order valence-electron chi connectivity index (χ0n) is 10.6. The van der Waals surface area contributed by atoms with E-state index in [1.807, 2.05) is 0 Å². The first-order chi connectivity index (χ1) is 7.06. The van der Waals surface area contributed by atoms with Crippen molar-refractivity contribution in [2.45, 2.75) is 64.5 Å². The minimum absolute atomic E-state index is 0.431. The lowest BCUT2D eigenvalue weighted by Crippen LogP contribution is -2.44. The molecule has 0 bridgehead atoms. The molecule has 3 atom stereocenters. The first-order valence-electron chi connectivity index (χ1n) is 6.57. The maximum Gasteiger partial charge on any atom is 0.0178 e. The molecule has 1 spiro atoms. The van der Waals surface area contributed by atoms with Crippen molar-refractivity contribution in [3.8, 4) is 0 Å². The Morgan fingerprint density at radius 2 is 2.13 bits per heavy atom. The summed E-state index contributed by atoms with van der Waals surface area (Å²) in [4.78, 5) is 2.71. The second-order valence-corrected chi connectivity index (χ2v) is 5.95. The molecule has 1 heterocycles. The average molecular weight is 210 g/mol. The van der Waals surface area contributed by atoms with Gasteiger partial charge in [0, 0.05) is 23.5 Å². The Kier molecular flexibility index (Phi) is 2.85. The van der Waals surface area contributed by atoms with E-state index in [1.165, 1.54) is 45.2 Å². The molecular formula is C13H26N2. The van der Waals surface area contributed by atoms with Gasteiger partial charge in [-0.2, -0.15) is 0 Å². The summed E-state index contributed by atoms with van der Waals surface area (Å²) in [6.07, 6.45) is 6.50. The van der Waals surface area contributed by atoms with E-state index in [0.717, 1.165) is 0 Å². The zero-order valence-corrected chi connectivity index (χ0v) is 10.6. The van der Waals surface area contributed by atoms with Crippen LogP contribution in [0.15, 0.2) is 0 Å². The SMILES string of the molecule is CCCC(C)(CC)N1CCC2(CC2N)C1. The smallest absolute Gasteiger partial charge is 0.0178 e. The second kappa shape index (κ2) is 3.74. The molecule has 15 heavy (non-hydrogen) atoms. The normalized spacial score (nSPS) is 39.6. The third-order valence-electron chi connectivity index (χ3n) is 4.95. The number of rotatable bonds is 4. The maximum atomic E-state index is 6.06. The van der Waals surface area contributed by atoms with Crippen LogP contribution in [-0.2, 0) is 0 Å². The lowest BCUT2D eigenvalue weighted by Gasteiger charge is -2.38. The van der Waals surface area contributed by atoms with Crippen LogP contribution in [0.1, 0.15) is 52.9 Å². The number of nitrogens with zero attached hydrogens (tertiary/aromatic N) is 1. The molecule has 1 aliphatic heterocycles. The van der Waals surface area contributed by atoms with E-state index in [-0.39, 0.29) is 0 Å². The topological polar surface area (TPSA) is 29.3 Å². The summed E-state index contributed by atoms with van der Waals surface area (Å²) < 4.78 is 0. The molecule has 0 aromatic carbocycles. The van der Waals surface area contributed by atoms with Crippen LogP contribution in [0.2, 0.25) is 0 Å². The van der Waals surface area contributed by atoms with Crippen LogP contribution in [0.4, 0.5) is 0 Å². The monoisotopic (exact) mass is 210 g/mol. The van der Waals surface area contributed by atoms with Gasteiger partial charge >= 0.3 is 0 Å². The fraction of sp³-hybridized carbons (Fsp3) is 1.00. The highest BCUT2D eigenvalue weighted by Gasteiger charge is 2.57. The van der Waals surface area contributed by atoms with Gasteiger partial charge in [0.05, 0.1) is 0 Å². The molecule has 1 aliphatic carbocycles. The van der Waals surface area contributed by atoms with Crippen LogP contribution in [0.5, 0.6) is 0 Å². The first-order valence-corrected chi connectivity index (χ1v) is 6.57. The molecule has 0 amide bonds. The molecule has 2 aliphatic rings. The van der Waals surface area contributed by atoms with Crippen LogP contribution >= 0.6 is 0 Å². The molecular weight excluding hydrogens is 184 g/mol. The van der Waals surface area contributed by atoms with Gasteiger partial charge in [0.25, 0.3) is 0 Å². The Labute approximate surface area is 94.2 Å². The van der Waals surface area contributed by atoms with Crippen molar-refractivity contribution in [3.05, 3.63) is 0 Å². The van der Waals surface area contributed by atoms with Crippen LogP contribution in [0, 0.1) is 5.41 Å². The Hall–Kier alpha value is -0.0800. The van der Waals surface area contributed by atoms with Crippen molar-refractivity contribution < 1.29 is 0 Å². The third kappa shape index (κ3) is 1.83. The summed E-state index contributed by atoms with van der Waals surface area (Å²) in [6, 6.07) is 0.505. The number of hydrogen-bond acceptors (Lipinski definition) is 2. The van der Waals surface area contributed by atoms with Crippen molar-refractivity contribution in [2.24, 2.45) is 11.1 Å². The summed E-state index contributed by atoms with van der Waals surface area (Å²) in [5.74, 6) is 0. The van der Waals surface area contributed by atoms with Gasteiger partial charge in [-0.05, 0) is 39.2 Å². The summed E-state index contributed by atoms with van der Waals surface area (Å²) in [6.45, 7) is 9.59. The highest BCUT2D eigenvalue weighted by molar-refractivity contribution is 5.12. The van der Waals surface area contributed by atoms with Gasteiger partial charge in [-0.25, -0.2) is 0 Å². The Bertz CT molecular complexity index is 241. The number of likely N-dealkylation sites (tertiary alicyclic amines) is 1. The summed E-state index contributed by atoms with van der Waals surface area (Å²) >= 11 is 0. The number of hydrogen-bond donors (Lipinski definition) is 1. The molecule has 0 aromatic rings. The maximum absolute atomic E-state index is 6.06. The summed E-state index contributed by atoms with van der Waals surface area (Å²) in [5, 5.41) is 0. The van der Waals surface area contributed by atoms with Gasteiger partial charge in [-0.3, -0.25) is 4.90 Å². The average Bonchev–Trinajstić information content (AvgIpc) is 2.64. The third-order valence-corrected chi connectivity index (χ3v) is 4.95. The van der Waals surface area contributed by atoms with Gasteiger partial charge in [-0.1, -0.05) is 20.3 Å². The molecule has 0 aromatic heterocycles. The van der Waals surface area contributed by atoms with E-state index >= 15 is 0 Å². The van der Waals surface area contributed by atoms with Crippen molar-refractivity contribution >= 4 is 0 Å². The van der Waals surface area contributed by atoms with Gasteiger partial charge < -0.3 is 5.73 Å². The van der Waals surface area contributed by atoms with Crippen LogP contribution < -0.4 is 5.73 Å². The fourth-order valence-electron chi connectivity index (χ4n) is 3.30. The minimum Gasteiger partial charge on any atom is -0.327 e. The highest BCUT2D eigenvalue weighted by atomic mass is 15.2. The Balaban J connectivity index is 1.99. The molecule has 2 N–H and O–H groups in total. The second-order valence-electron chi connectivity index (χ2n) is 5.95. The molecule has 2 nitrogen and oxygen atoms in total.